The zero-order valence-corrected chi connectivity index (χ0v) is 17.4. The first-order valence-electron chi connectivity index (χ1n) is 11.1. The molecule has 0 aromatic carbocycles. The van der Waals surface area contributed by atoms with Crippen LogP contribution in [0.4, 0.5) is 0 Å². The van der Waals surface area contributed by atoms with E-state index in [1.165, 1.54) is 29.9 Å². The standard InChI is InChI=1S/C23H32N6/c1-27(20-7-2-5-17-6-4-12-25-23(17)20)15-19-16-29-21(26-19)8-3-9-22(29)28-13-10-18(24)11-14-28/h3-4,6,8-9,12,18-20H,2,5,7,10-11,13-16,24H2,1H3/t19?,20-/m0/s1. The fraction of sp³-hybridized carbons (Fsp3) is 0.565. The minimum absolute atomic E-state index is 0.294. The molecule has 1 fully saturated rings. The zero-order chi connectivity index (χ0) is 19.8. The van der Waals surface area contributed by atoms with Crippen molar-refractivity contribution in [2.45, 2.75) is 50.2 Å². The van der Waals surface area contributed by atoms with Crippen molar-refractivity contribution in [3.63, 3.8) is 0 Å². The van der Waals surface area contributed by atoms with Gasteiger partial charge in [0.1, 0.15) is 11.7 Å². The van der Waals surface area contributed by atoms with Gasteiger partial charge in [0.05, 0.1) is 17.8 Å². The van der Waals surface area contributed by atoms with Crippen LogP contribution in [0.2, 0.25) is 0 Å². The Kier molecular flexibility index (Phi) is 5.14. The first kappa shape index (κ1) is 18.8. The first-order chi connectivity index (χ1) is 14.2. The van der Waals surface area contributed by atoms with E-state index in [1.807, 2.05) is 6.20 Å². The van der Waals surface area contributed by atoms with Gasteiger partial charge in [-0.05, 0) is 62.9 Å². The molecule has 1 aromatic heterocycles. The summed E-state index contributed by atoms with van der Waals surface area (Å²) in [5.41, 5.74) is 8.80. The lowest BCUT2D eigenvalue weighted by atomic mass is 9.91. The third-order valence-electron chi connectivity index (χ3n) is 6.81. The predicted molar refractivity (Wildman–Crippen MR) is 116 cm³/mol. The number of aliphatic imine (C=N–C) groups is 1. The van der Waals surface area contributed by atoms with E-state index in [-0.39, 0.29) is 0 Å². The topological polar surface area (TPSA) is 61.0 Å². The van der Waals surface area contributed by atoms with Crippen molar-refractivity contribution in [1.29, 1.82) is 0 Å². The molecule has 0 saturated carbocycles. The van der Waals surface area contributed by atoms with Crippen molar-refractivity contribution in [3.8, 4) is 0 Å². The summed E-state index contributed by atoms with van der Waals surface area (Å²) in [7, 11) is 2.24. The molecule has 29 heavy (non-hydrogen) atoms. The molecule has 6 nitrogen and oxygen atoms in total. The number of likely N-dealkylation sites (N-methyl/N-ethyl adjacent to an activating group) is 1. The number of pyridine rings is 1. The largest absolute Gasteiger partial charge is 0.358 e. The van der Waals surface area contributed by atoms with Crippen LogP contribution < -0.4 is 5.73 Å². The van der Waals surface area contributed by atoms with Crippen molar-refractivity contribution in [1.82, 2.24) is 19.7 Å². The Morgan fingerprint density at radius 2 is 2.10 bits per heavy atom. The molecule has 1 saturated heterocycles. The van der Waals surface area contributed by atoms with E-state index >= 15 is 0 Å². The van der Waals surface area contributed by atoms with Gasteiger partial charge in [0.2, 0.25) is 0 Å². The molecule has 1 aromatic rings. The molecular formula is C23H32N6. The van der Waals surface area contributed by atoms with E-state index < -0.39 is 0 Å². The molecule has 0 radical (unpaired) electrons. The lowest BCUT2D eigenvalue weighted by Crippen LogP contribution is -2.45. The average molecular weight is 393 g/mol. The molecule has 4 heterocycles. The highest BCUT2D eigenvalue weighted by Crippen LogP contribution is 2.33. The summed E-state index contributed by atoms with van der Waals surface area (Å²) in [6, 6.07) is 5.36. The van der Waals surface area contributed by atoms with Gasteiger partial charge in [0.15, 0.2) is 0 Å². The second kappa shape index (κ2) is 7.92. The van der Waals surface area contributed by atoms with Gasteiger partial charge < -0.3 is 15.5 Å². The van der Waals surface area contributed by atoms with Crippen molar-refractivity contribution < 1.29 is 0 Å². The van der Waals surface area contributed by atoms with Crippen LogP contribution >= 0.6 is 0 Å². The molecule has 0 spiro atoms. The van der Waals surface area contributed by atoms with Gasteiger partial charge >= 0.3 is 0 Å². The summed E-state index contributed by atoms with van der Waals surface area (Å²) in [4.78, 5) is 17.1. The molecule has 0 amide bonds. The Morgan fingerprint density at radius 1 is 1.24 bits per heavy atom. The van der Waals surface area contributed by atoms with Crippen molar-refractivity contribution in [2.24, 2.45) is 10.7 Å². The molecule has 5 rings (SSSR count). The Hall–Kier alpha value is -2.18. The van der Waals surface area contributed by atoms with Gasteiger partial charge in [-0.1, -0.05) is 12.1 Å². The van der Waals surface area contributed by atoms with Gasteiger partial charge in [-0.2, -0.15) is 0 Å². The number of aromatic nitrogens is 1. The summed E-state index contributed by atoms with van der Waals surface area (Å²) in [6.07, 6.45) is 14.2. The van der Waals surface area contributed by atoms with E-state index in [0.29, 0.717) is 18.1 Å². The zero-order valence-electron chi connectivity index (χ0n) is 17.4. The maximum atomic E-state index is 6.11. The molecule has 1 unspecified atom stereocenters. The minimum Gasteiger partial charge on any atom is -0.358 e. The molecule has 154 valence electrons. The van der Waals surface area contributed by atoms with Crippen LogP contribution in [0.5, 0.6) is 0 Å². The van der Waals surface area contributed by atoms with Crippen LogP contribution in [-0.4, -0.2) is 70.8 Å². The summed E-state index contributed by atoms with van der Waals surface area (Å²) in [6.45, 7) is 4.01. The third-order valence-corrected chi connectivity index (χ3v) is 6.81. The van der Waals surface area contributed by atoms with Gasteiger partial charge in [-0.25, -0.2) is 0 Å². The maximum absolute atomic E-state index is 6.11. The maximum Gasteiger partial charge on any atom is 0.129 e. The lowest BCUT2D eigenvalue weighted by molar-refractivity contribution is 0.191. The Morgan fingerprint density at radius 3 is 2.97 bits per heavy atom. The van der Waals surface area contributed by atoms with Gasteiger partial charge in [-0.15, -0.1) is 0 Å². The predicted octanol–water partition coefficient (Wildman–Crippen LogP) is 2.31. The van der Waals surface area contributed by atoms with Gasteiger partial charge in [0, 0.05) is 38.4 Å². The molecule has 3 aliphatic heterocycles. The molecule has 6 heteroatoms. The summed E-state index contributed by atoms with van der Waals surface area (Å²) >= 11 is 0. The van der Waals surface area contributed by atoms with Crippen LogP contribution in [0.25, 0.3) is 0 Å². The summed E-state index contributed by atoms with van der Waals surface area (Å²) < 4.78 is 0. The lowest BCUT2D eigenvalue weighted by Gasteiger charge is -2.39. The molecule has 0 bridgehead atoms. The van der Waals surface area contributed by atoms with Gasteiger partial charge in [-0.3, -0.25) is 14.9 Å². The minimum atomic E-state index is 0.294. The highest BCUT2D eigenvalue weighted by molar-refractivity contribution is 5.96. The average Bonchev–Trinajstić information content (AvgIpc) is 3.16. The SMILES string of the molecule is CN(CC1CN2C(N3CCC(N)CC3)=CC=CC2=N1)[C@H]1CCCc2cccnc21. The first-order valence-corrected chi connectivity index (χ1v) is 11.1. The van der Waals surface area contributed by atoms with E-state index in [1.54, 1.807) is 0 Å². The number of nitrogens with zero attached hydrogens (tertiary/aromatic N) is 5. The highest BCUT2D eigenvalue weighted by Gasteiger charge is 2.33. The number of rotatable bonds is 4. The Balaban J connectivity index is 1.26. The number of allylic oxidation sites excluding steroid dienone is 2. The number of likely N-dealkylation sites (tertiary alicyclic amines) is 1. The molecule has 4 aliphatic rings. The van der Waals surface area contributed by atoms with Crippen molar-refractivity contribution in [3.05, 3.63) is 53.6 Å². The van der Waals surface area contributed by atoms with Crippen LogP contribution in [0.15, 0.2) is 47.4 Å². The van der Waals surface area contributed by atoms with Crippen LogP contribution in [0.3, 0.4) is 0 Å². The van der Waals surface area contributed by atoms with Crippen LogP contribution in [0.1, 0.15) is 43.0 Å². The quantitative estimate of drug-likeness (QED) is 0.852. The number of hydrogen-bond donors (Lipinski definition) is 1. The van der Waals surface area contributed by atoms with Crippen molar-refractivity contribution >= 4 is 5.84 Å². The number of piperidine rings is 1. The Labute approximate surface area is 173 Å². The molecule has 1 aliphatic carbocycles. The van der Waals surface area contributed by atoms with E-state index in [4.69, 9.17) is 15.7 Å². The second-order valence-electron chi connectivity index (χ2n) is 8.86. The number of nitrogens with two attached hydrogens (primary N) is 1. The monoisotopic (exact) mass is 392 g/mol. The van der Waals surface area contributed by atoms with Gasteiger partial charge in [0.25, 0.3) is 0 Å². The van der Waals surface area contributed by atoms with E-state index in [2.05, 4.69) is 52.1 Å². The van der Waals surface area contributed by atoms with Crippen molar-refractivity contribution in [2.75, 3.05) is 33.2 Å². The summed E-state index contributed by atoms with van der Waals surface area (Å²) in [5.74, 6) is 2.41. The fourth-order valence-electron chi connectivity index (χ4n) is 5.23. The number of fused-ring (bicyclic) bond motifs is 2. The fourth-order valence-corrected chi connectivity index (χ4v) is 5.23. The molecular weight excluding hydrogens is 360 g/mol. The normalized spacial score (nSPS) is 27.0. The van der Waals surface area contributed by atoms with Crippen LogP contribution in [-0.2, 0) is 6.42 Å². The number of hydrogen-bond acceptors (Lipinski definition) is 6. The van der Waals surface area contributed by atoms with Crippen LogP contribution in [0, 0.1) is 0 Å². The Bertz CT molecular complexity index is 836. The smallest absolute Gasteiger partial charge is 0.129 e. The second-order valence-corrected chi connectivity index (χ2v) is 8.86. The number of amidine groups is 1. The highest BCUT2D eigenvalue weighted by atomic mass is 15.4. The molecule has 2 atom stereocenters. The molecule has 2 N–H and O–H groups in total. The third kappa shape index (κ3) is 3.71. The number of aryl methyl sites for hydroxylation is 1. The van der Waals surface area contributed by atoms with E-state index in [9.17, 15) is 0 Å². The summed E-state index contributed by atoms with van der Waals surface area (Å²) in [5, 5.41) is 0. The van der Waals surface area contributed by atoms with E-state index in [0.717, 1.165) is 51.3 Å².